The summed E-state index contributed by atoms with van der Waals surface area (Å²) in [5, 5.41) is 13.2. The Labute approximate surface area is 143 Å². The van der Waals surface area contributed by atoms with Crippen LogP contribution in [0.5, 0.6) is 0 Å². The molecule has 0 radical (unpaired) electrons. The molecule has 2 atom stereocenters. The lowest BCUT2D eigenvalue weighted by molar-refractivity contribution is -0.384. The zero-order chi connectivity index (χ0) is 18.0. The van der Waals surface area contributed by atoms with Crippen LogP contribution >= 0.6 is 0 Å². The van der Waals surface area contributed by atoms with Crippen molar-refractivity contribution < 1.29 is 19.3 Å². The molecule has 1 saturated heterocycles. The number of fused-ring (bicyclic) bond motifs is 1. The predicted octanol–water partition coefficient (Wildman–Crippen LogP) is 1.87. The van der Waals surface area contributed by atoms with Crippen LogP contribution in [0.3, 0.4) is 0 Å². The molecule has 1 heterocycles. The number of non-ortho nitro benzene ring substituents is 1. The van der Waals surface area contributed by atoms with Crippen LogP contribution in [0.15, 0.2) is 36.4 Å². The first-order chi connectivity index (χ1) is 12.0. The minimum absolute atomic E-state index is 0.0126. The summed E-state index contributed by atoms with van der Waals surface area (Å²) in [6.45, 7) is 0.0451. The molecule has 1 aromatic rings. The number of carbonyl (C=O) groups is 3. The van der Waals surface area contributed by atoms with Crippen molar-refractivity contribution in [3.8, 4) is 0 Å². The summed E-state index contributed by atoms with van der Waals surface area (Å²) in [5.74, 6) is -1.36. The number of hydrogen-bond acceptors (Lipinski definition) is 5. The standard InChI is InChI=1S/C17H17N3O5/c21-15(18-11-5-7-12(8-6-11)20(24)25)9-10-19-16(22)13-3-1-2-4-14(13)17(19)23/h1-2,5-8,13-14H,3-4,9-10H2,(H,18,21)/t13-,14-/m0/s1. The number of nitrogens with zero attached hydrogens (tertiary/aromatic N) is 2. The van der Waals surface area contributed by atoms with Crippen LogP contribution in [-0.4, -0.2) is 34.1 Å². The molecular weight excluding hydrogens is 326 g/mol. The molecule has 1 aliphatic heterocycles. The smallest absolute Gasteiger partial charge is 0.269 e. The van der Waals surface area contributed by atoms with Gasteiger partial charge in [0.15, 0.2) is 0 Å². The molecule has 0 aromatic heterocycles. The predicted molar refractivity (Wildman–Crippen MR) is 88.4 cm³/mol. The number of likely N-dealkylation sites (tertiary alicyclic amines) is 1. The largest absolute Gasteiger partial charge is 0.326 e. The van der Waals surface area contributed by atoms with Gasteiger partial charge in [-0.1, -0.05) is 12.2 Å². The summed E-state index contributed by atoms with van der Waals surface area (Å²) in [4.78, 5) is 47.9. The van der Waals surface area contributed by atoms with E-state index in [2.05, 4.69) is 5.32 Å². The van der Waals surface area contributed by atoms with Gasteiger partial charge in [0.05, 0.1) is 16.8 Å². The Morgan fingerprint density at radius 2 is 1.68 bits per heavy atom. The van der Waals surface area contributed by atoms with Gasteiger partial charge in [0.25, 0.3) is 5.69 Å². The quantitative estimate of drug-likeness (QED) is 0.380. The second kappa shape index (κ2) is 6.84. The molecule has 0 saturated carbocycles. The summed E-state index contributed by atoms with van der Waals surface area (Å²) >= 11 is 0. The van der Waals surface area contributed by atoms with Gasteiger partial charge in [0.2, 0.25) is 17.7 Å². The maximum atomic E-state index is 12.3. The highest BCUT2D eigenvalue weighted by atomic mass is 16.6. The molecule has 3 rings (SSSR count). The first-order valence-corrected chi connectivity index (χ1v) is 8.02. The Morgan fingerprint density at radius 3 is 2.20 bits per heavy atom. The van der Waals surface area contributed by atoms with Crippen LogP contribution in [0.25, 0.3) is 0 Å². The third kappa shape index (κ3) is 3.42. The monoisotopic (exact) mass is 343 g/mol. The maximum absolute atomic E-state index is 12.3. The summed E-state index contributed by atoms with van der Waals surface area (Å²) in [5.41, 5.74) is 0.356. The number of nitro benzene ring substituents is 1. The zero-order valence-electron chi connectivity index (χ0n) is 13.4. The van der Waals surface area contributed by atoms with E-state index in [0.717, 1.165) is 0 Å². The lowest BCUT2D eigenvalue weighted by atomic mass is 9.85. The highest BCUT2D eigenvalue weighted by Gasteiger charge is 2.46. The summed E-state index contributed by atoms with van der Waals surface area (Å²) in [7, 11) is 0. The van der Waals surface area contributed by atoms with Gasteiger partial charge in [-0.05, 0) is 25.0 Å². The highest BCUT2D eigenvalue weighted by molar-refractivity contribution is 6.05. The van der Waals surface area contributed by atoms with E-state index >= 15 is 0 Å². The Morgan fingerprint density at radius 1 is 1.12 bits per heavy atom. The van der Waals surface area contributed by atoms with Gasteiger partial charge < -0.3 is 5.32 Å². The summed E-state index contributed by atoms with van der Waals surface area (Å²) < 4.78 is 0. The first-order valence-electron chi connectivity index (χ1n) is 8.02. The Bertz CT molecular complexity index is 730. The lowest BCUT2D eigenvalue weighted by Crippen LogP contribution is -2.34. The second-order valence-corrected chi connectivity index (χ2v) is 6.09. The summed E-state index contributed by atoms with van der Waals surface area (Å²) in [6.07, 6.45) is 4.96. The number of rotatable bonds is 5. The molecule has 8 nitrogen and oxygen atoms in total. The fourth-order valence-corrected chi connectivity index (χ4v) is 3.19. The fourth-order valence-electron chi connectivity index (χ4n) is 3.19. The van der Waals surface area contributed by atoms with E-state index in [0.29, 0.717) is 18.5 Å². The highest BCUT2D eigenvalue weighted by Crippen LogP contribution is 2.35. The SMILES string of the molecule is O=C(CCN1C(=O)[C@H]2CC=CC[C@@H]2C1=O)Nc1ccc([N+](=O)[O-])cc1. The van der Waals surface area contributed by atoms with Gasteiger partial charge in [-0.2, -0.15) is 0 Å². The topological polar surface area (TPSA) is 110 Å². The van der Waals surface area contributed by atoms with Gasteiger partial charge >= 0.3 is 0 Å². The minimum atomic E-state index is -0.523. The normalized spacial score (nSPS) is 22.0. The van der Waals surface area contributed by atoms with Crippen molar-refractivity contribution in [1.82, 2.24) is 4.90 Å². The Balaban J connectivity index is 1.55. The van der Waals surface area contributed by atoms with Crippen molar-refractivity contribution in [2.45, 2.75) is 19.3 Å². The van der Waals surface area contributed by atoms with Crippen LogP contribution in [0.2, 0.25) is 0 Å². The number of carbonyl (C=O) groups excluding carboxylic acids is 3. The van der Waals surface area contributed by atoms with Crippen LogP contribution in [0, 0.1) is 22.0 Å². The van der Waals surface area contributed by atoms with Gasteiger partial charge in [0, 0.05) is 30.8 Å². The zero-order valence-corrected chi connectivity index (χ0v) is 13.4. The molecule has 25 heavy (non-hydrogen) atoms. The number of nitrogens with one attached hydrogen (secondary N) is 1. The lowest BCUT2D eigenvalue weighted by Gasteiger charge is -2.14. The molecule has 0 bridgehead atoms. The number of hydrogen-bond donors (Lipinski definition) is 1. The average molecular weight is 343 g/mol. The Hall–Kier alpha value is -3.03. The second-order valence-electron chi connectivity index (χ2n) is 6.09. The van der Waals surface area contributed by atoms with Crippen molar-refractivity contribution >= 4 is 29.1 Å². The number of allylic oxidation sites excluding steroid dienone is 2. The van der Waals surface area contributed by atoms with Crippen LogP contribution in [-0.2, 0) is 14.4 Å². The van der Waals surface area contributed by atoms with E-state index in [-0.39, 0.29) is 48.2 Å². The average Bonchev–Trinajstić information content (AvgIpc) is 2.85. The van der Waals surface area contributed by atoms with Crippen LogP contribution in [0.4, 0.5) is 11.4 Å². The molecule has 130 valence electrons. The van der Waals surface area contributed by atoms with Crippen LogP contribution in [0.1, 0.15) is 19.3 Å². The molecule has 2 aliphatic rings. The number of nitro groups is 1. The molecule has 1 aliphatic carbocycles. The van der Waals surface area contributed by atoms with Crippen molar-refractivity contribution in [3.63, 3.8) is 0 Å². The third-order valence-corrected chi connectivity index (χ3v) is 4.52. The van der Waals surface area contributed by atoms with E-state index in [1.807, 2.05) is 12.2 Å². The van der Waals surface area contributed by atoms with Crippen molar-refractivity contribution in [2.75, 3.05) is 11.9 Å². The van der Waals surface area contributed by atoms with E-state index in [1.165, 1.54) is 29.2 Å². The summed E-state index contributed by atoms with van der Waals surface area (Å²) in [6, 6.07) is 5.45. The molecule has 1 aromatic carbocycles. The maximum Gasteiger partial charge on any atom is 0.269 e. The molecule has 0 unspecified atom stereocenters. The number of amides is 3. The molecule has 1 fully saturated rings. The van der Waals surface area contributed by atoms with Gasteiger partial charge in [-0.25, -0.2) is 0 Å². The molecule has 3 amide bonds. The number of anilines is 1. The van der Waals surface area contributed by atoms with Crippen molar-refractivity contribution in [3.05, 3.63) is 46.5 Å². The molecule has 8 heteroatoms. The van der Waals surface area contributed by atoms with Crippen molar-refractivity contribution in [2.24, 2.45) is 11.8 Å². The van der Waals surface area contributed by atoms with Crippen LogP contribution < -0.4 is 5.32 Å². The van der Waals surface area contributed by atoms with Gasteiger partial charge in [-0.3, -0.25) is 29.4 Å². The molecular formula is C17H17N3O5. The van der Waals surface area contributed by atoms with Gasteiger partial charge in [-0.15, -0.1) is 0 Å². The number of imide groups is 1. The molecule has 0 spiro atoms. The first kappa shape index (κ1) is 16.8. The minimum Gasteiger partial charge on any atom is -0.326 e. The van der Waals surface area contributed by atoms with E-state index in [1.54, 1.807) is 0 Å². The fraction of sp³-hybridized carbons (Fsp3) is 0.353. The third-order valence-electron chi connectivity index (χ3n) is 4.52. The van der Waals surface area contributed by atoms with E-state index < -0.39 is 4.92 Å². The Kier molecular flexibility index (Phi) is 4.60. The van der Waals surface area contributed by atoms with E-state index in [4.69, 9.17) is 0 Å². The van der Waals surface area contributed by atoms with E-state index in [9.17, 15) is 24.5 Å². The van der Waals surface area contributed by atoms with Crippen molar-refractivity contribution in [1.29, 1.82) is 0 Å². The molecule has 1 N–H and O–H groups in total. The van der Waals surface area contributed by atoms with Gasteiger partial charge in [0.1, 0.15) is 0 Å². The number of benzene rings is 1.